The summed E-state index contributed by atoms with van der Waals surface area (Å²) in [6.45, 7) is -0.628. The Balaban J connectivity index is 1.75. The Morgan fingerprint density at radius 3 is 2.54 bits per heavy atom. The van der Waals surface area contributed by atoms with Gasteiger partial charge in [0.2, 0.25) is 0 Å². The topological polar surface area (TPSA) is 87.5 Å². The Morgan fingerprint density at radius 1 is 1.29 bits per heavy atom. The minimum absolute atomic E-state index is 0.116. The number of hydrogen-bond acceptors (Lipinski definition) is 4. The van der Waals surface area contributed by atoms with Crippen LogP contribution in [-0.2, 0) is 42.4 Å². The largest absolute Gasteiger partial charge is 0.435 e. The molecule has 1 aromatic heterocycles. The molecule has 28 heavy (non-hydrogen) atoms. The van der Waals surface area contributed by atoms with Gasteiger partial charge in [-0.3, -0.25) is 4.68 Å². The second kappa shape index (κ2) is 7.47. The van der Waals surface area contributed by atoms with E-state index in [4.69, 9.17) is 5.11 Å². The first kappa shape index (κ1) is 20.8. The molecule has 3 rings (SSSR count). The average molecular weight is 418 g/mol. The van der Waals surface area contributed by atoms with Gasteiger partial charge in [-0.15, -0.1) is 0 Å². The zero-order chi connectivity index (χ0) is 20.7. The van der Waals surface area contributed by atoms with Crippen molar-refractivity contribution in [3.63, 3.8) is 0 Å². The number of halogens is 3. The first-order valence-electron chi connectivity index (χ1n) is 8.54. The maximum atomic E-state index is 13.0. The number of benzene rings is 1. The van der Waals surface area contributed by atoms with Crippen LogP contribution in [0.15, 0.2) is 24.4 Å². The average Bonchev–Trinajstić information content (AvgIpc) is 3.16. The Bertz CT molecular complexity index is 971. The summed E-state index contributed by atoms with van der Waals surface area (Å²) in [6.07, 6.45) is -2.38. The van der Waals surface area contributed by atoms with E-state index in [0.29, 0.717) is 12.8 Å². The van der Waals surface area contributed by atoms with Gasteiger partial charge in [0.05, 0.1) is 13.2 Å². The predicted octanol–water partition coefficient (Wildman–Crippen LogP) is 1.31. The third kappa shape index (κ3) is 4.37. The lowest BCUT2D eigenvalue weighted by atomic mass is 10.1. The van der Waals surface area contributed by atoms with Crippen molar-refractivity contribution in [3.05, 3.63) is 52.3 Å². The van der Waals surface area contributed by atoms with Crippen molar-refractivity contribution in [1.29, 1.82) is 0 Å². The quantitative estimate of drug-likeness (QED) is 0.741. The smallest absolute Gasteiger partial charge is 0.392 e. The van der Waals surface area contributed by atoms with E-state index in [1.54, 1.807) is 6.07 Å². The number of fused-ring (bicyclic) bond motifs is 1. The molecule has 0 bridgehead atoms. The van der Waals surface area contributed by atoms with Gasteiger partial charge in [-0.1, -0.05) is 18.2 Å². The highest BCUT2D eigenvalue weighted by Crippen LogP contribution is 2.31. The van der Waals surface area contributed by atoms with E-state index in [1.165, 1.54) is 20.3 Å². The zero-order valence-corrected chi connectivity index (χ0v) is 16.2. The molecule has 0 spiro atoms. The fourth-order valence-electron chi connectivity index (χ4n) is 3.25. The van der Waals surface area contributed by atoms with E-state index in [-0.39, 0.29) is 18.2 Å². The Kier molecular flexibility index (Phi) is 5.54. The molecular weight excluding hydrogens is 397 g/mol. The number of aliphatic hydroxyl groups is 1. The molecule has 1 aliphatic carbocycles. The summed E-state index contributed by atoms with van der Waals surface area (Å²) in [5.74, 6) is 0. The summed E-state index contributed by atoms with van der Waals surface area (Å²) >= 11 is 0. The normalized spacial score (nSPS) is 17.3. The van der Waals surface area contributed by atoms with Crippen molar-refractivity contribution >= 4 is 10.2 Å². The van der Waals surface area contributed by atoms with Crippen LogP contribution in [0.5, 0.6) is 0 Å². The van der Waals surface area contributed by atoms with Gasteiger partial charge in [0.25, 0.3) is 10.2 Å². The monoisotopic (exact) mass is 418 g/mol. The lowest BCUT2D eigenvalue weighted by Crippen LogP contribution is -2.42. The molecule has 7 nitrogen and oxygen atoms in total. The van der Waals surface area contributed by atoms with E-state index in [0.717, 1.165) is 25.7 Å². The summed E-state index contributed by atoms with van der Waals surface area (Å²) in [7, 11) is -0.644. The molecule has 0 saturated heterocycles. The van der Waals surface area contributed by atoms with Crippen molar-refractivity contribution in [3.8, 4) is 0 Å². The van der Waals surface area contributed by atoms with Crippen LogP contribution < -0.4 is 4.72 Å². The fraction of sp³-hybridized carbons (Fsp3) is 0.471. The number of rotatable bonds is 6. The second-order valence-corrected chi connectivity index (χ2v) is 8.89. The minimum atomic E-state index is -4.63. The van der Waals surface area contributed by atoms with E-state index >= 15 is 0 Å². The van der Waals surface area contributed by atoms with Crippen LogP contribution in [0.25, 0.3) is 0 Å². The van der Waals surface area contributed by atoms with Crippen LogP contribution >= 0.6 is 0 Å². The van der Waals surface area contributed by atoms with Gasteiger partial charge in [0, 0.05) is 31.9 Å². The summed E-state index contributed by atoms with van der Waals surface area (Å²) in [5.41, 5.74) is 1.34. The summed E-state index contributed by atoms with van der Waals surface area (Å²) < 4.78 is 67.7. The van der Waals surface area contributed by atoms with Gasteiger partial charge in [-0.25, -0.2) is 0 Å². The lowest BCUT2D eigenvalue weighted by molar-refractivity contribution is -0.142. The molecule has 1 aliphatic rings. The Hall–Kier alpha value is -1.95. The minimum Gasteiger partial charge on any atom is -0.392 e. The van der Waals surface area contributed by atoms with Crippen LogP contribution in [0, 0.1) is 0 Å². The fourth-order valence-corrected chi connectivity index (χ4v) is 4.05. The summed E-state index contributed by atoms with van der Waals surface area (Å²) in [4.78, 5) is 0. The maximum Gasteiger partial charge on any atom is 0.435 e. The lowest BCUT2D eigenvalue weighted by Gasteiger charge is -2.16. The third-order valence-electron chi connectivity index (χ3n) is 4.62. The number of nitrogens with zero attached hydrogens (tertiary/aromatic N) is 3. The van der Waals surface area contributed by atoms with Crippen LogP contribution in [-0.4, -0.2) is 47.7 Å². The zero-order valence-electron chi connectivity index (χ0n) is 15.4. The molecule has 154 valence electrons. The van der Waals surface area contributed by atoms with E-state index in [9.17, 15) is 21.6 Å². The van der Waals surface area contributed by atoms with Gasteiger partial charge in [-0.05, 0) is 29.5 Å². The van der Waals surface area contributed by atoms with Gasteiger partial charge in [-0.2, -0.15) is 35.7 Å². The molecule has 0 aliphatic heterocycles. The molecule has 1 aromatic carbocycles. The highest BCUT2D eigenvalue weighted by Gasteiger charge is 2.37. The number of nitrogens with one attached hydrogen (secondary N) is 1. The van der Waals surface area contributed by atoms with Gasteiger partial charge >= 0.3 is 6.18 Å². The Labute approximate surface area is 161 Å². The third-order valence-corrected chi connectivity index (χ3v) is 6.21. The van der Waals surface area contributed by atoms with Crippen molar-refractivity contribution < 1.29 is 26.7 Å². The van der Waals surface area contributed by atoms with Crippen molar-refractivity contribution in [2.24, 2.45) is 0 Å². The predicted molar refractivity (Wildman–Crippen MR) is 95.6 cm³/mol. The second-order valence-electron chi connectivity index (χ2n) is 6.97. The number of aliphatic hydroxyl groups excluding tert-OH is 1. The van der Waals surface area contributed by atoms with E-state index in [1.807, 2.05) is 12.1 Å². The van der Waals surface area contributed by atoms with Gasteiger partial charge in [0.1, 0.15) is 0 Å². The van der Waals surface area contributed by atoms with Crippen LogP contribution in [0.3, 0.4) is 0 Å². The summed E-state index contributed by atoms with van der Waals surface area (Å²) in [6, 6.07) is 5.23. The molecule has 0 fully saturated rings. The van der Waals surface area contributed by atoms with Crippen LogP contribution in [0.4, 0.5) is 13.2 Å². The first-order valence-corrected chi connectivity index (χ1v) is 9.98. The van der Waals surface area contributed by atoms with Gasteiger partial charge in [0.15, 0.2) is 5.69 Å². The van der Waals surface area contributed by atoms with E-state index < -0.39 is 28.7 Å². The molecule has 0 radical (unpaired) electrons. The SMILES string of the molecule is CN(C)S(=O)(=O)N[C@@H]1Cc2ccc(Cn3cc(CO)c(C(F)(F)F)n3)cc2C1. The molecule has 2 N–H and O–H groups in total. The molecule has 1 atom stereocenters. The molecule has 0 unspecified atom stereocenters. The Morgan fingerprint density at radius 2 is 1.96 bits per heavy atom. The van der Waals surface area contributed by atoms with Crippen molar-refractivity contribution in [2.45, 2.75) is 38.2 Å². The highest BCUT2D eigenvalue weighted by atomic mass is 32.2. The molecule has 0 amide bonds. The number of hydrogen-bond donors (Lipinski definition) is 2. The standard InChI is InChI=1S/C17H21F3N4O3S/c1-23(2)28(26,27)22-15-6-12-4-3-11(5-13(12)7-15)8-24-9-14(10-25)16(21-24)17(18,19)20/h3-5,9,15,22,25H,6-8,10H2,1-2H3/t15-/m1/s1. The van der Waals surface area contributed by atoms with Crippen molar-refractivity contribution in [1.82, 2.24) is 18.8 Å². The maximum absolute atomic E-state index is 13.0. The molecule has 2 aromatic rings. The first-order chi connectivity index (χ1) is 13.0. The van der Waals surface area contributed by atoms with Gasteiger partial charge < -0.3 is 5.11 Å². The molecule has 1 heterocycles. The molecule has 0 saturated carbocycles. The molecular formula is C17H21F3N4O3S. The van der Waals surface area contributed by atoms with Crippen molar-refractivity contribution in [2.75, 3.05) is 14.1 Å². The van der Waals surface area contributed by atoms with Crippen LogP contribution in [0.1, 0.15) is 27.9 Å². The molecule has 11 heteroatoms. The summed E-state index contributed by atoms with van der Waals surface area (Å²) in [5, 5.41) is 12.7. The van der Waals surface area contributed by atoms with E-state index in [2.05, 4.69) is 9.82 Å². The number of alkyl halides is 3. The highest BCUT2D eigenvalue weighted by molar-refractivity contribution is 7.87. The van der Waals surface area contributed by atoms with Crippen LogP contribution in [0.2, 0.25) is 0 Å². The number of aromatic nitrogens is 2.